The second-order valence-corrected chi connectivity index (χ2v) is 7.64. The number of aryl methyl sites for hydroxylation is 2. The van der Waals surface area contributed by atoms with Gasteiger partial charge in [0.1, 0.15) is 0 Å². The molecule has 1 fully saturated rings. The molecule has 1 N–H and O–H groups in total. The fourth-order valence-corrected chi connectivity index (χ4v) is 4.17. The number of aromatic nitrogens is 2. The molecule has 1 aromatic rings. The van der Waals surface area contributed by atoms with E-state index in [4.69, 9.17) is 11.6 Å². The summed E-state index contributed by atoms with van der Waals surface area (Å²) < 4.78 is 1.93. The smallest absolute Gasteiger partial charge is 0.0847 e. The lowest BCUT2D eigenvalue weighted by atomic mass is 9.99. The Morgan fingerprint density at radius 3 is 2.20 bits per heavy atom. The minimum absolute atomic E-state index is 0.375. The number of hydrogen-bond acceptors (Lipinski definition) is 2. The van der Waals surface area contributed by atoms with E-state index >= 15 is 0 Å². The zero-order valence-electron chi connectivity index (χ0n) is 13.8. The third kappa shape index (κ3) is 2.29. The highest BCUT2D eigenvalue weighted by Gasteiger charge is 2.66. The summed E-state index contributed by atoms with van der Waals surface area (Å²) in [5.74, 6) is 0.668. The Bertz CT molecular complexity index is 488. The maximum atomic E-state index is 6.41. The van der Waals surface area contributed by atoms with Gasteiger partial charge in [-0.15, -0.1) is 0 Å². The van der Waals surface area contributed by atoms with E-state index in [9.17, 15) is 0 Å². The van der Waals surface area contributed by atoms with Crippen LogP contribution in [-0.2, 0) is 13.5 Å². The van der Waals surface area contributed by atoms with Gasteiger partial charge in [-0.1, -0.05) is 46.2 Å². The van der Waals surface area contributed by atoms with Crippen LogP contribution >= 0.6 is 11.6 Å². The zero-order valence-corrected chi connectivity index (χ0v) is 14.6. The summed E-state index contributed by atoms with van der Waals surface area (Å²) in [4.78, 5) is 0. The van der Waals surface area contributed by atoms with E-state index in [2.05, 4.69) is 45.0 Å². The lowest BCUT2D eigenvalue weighted by Gasteiger charge is -2.20. The van der Waals surface area contributed by atoms with Crippen LogP contribution in [0.25, 0.3) is 0 Å². The number of rotatable bonds is 5. The molecule has 0 aliphatic heterocycles. The van der Waals surface area contributed by atoms with Crippen LogP contribution in [0.5, 0.6) is 0 Å². The first-order chi connectivity index (χ1) is 9.14. The summed E-state index contributed by atoms with van der Waals surface area (Å²) >= 11 is 6.41. The predicted molar refractivity (Wildman–Crippen MR) is 85.2 cm³/mol. The summed E-state index contributed by atoms with van der Waals surface area (Å²) in [5, 5.41) is 8.93. The fraction of sp³-hybridized carbons (Fsp3) is 0.812. The van der Waals surface area contributed by atoms with E-state index in [1.807, 2.05) is 18.7 Å². The van der Waals surface area contributed by atoms with E-state index in [-0.39, 0.29) is 0 Å². The van der Waals surface area contributed by atoms with Crippen LogP contribution in [0.4, 0.5) is 0 Å². The van der Waals surface area contributed by atoms with Gasteiger partial charge >= 0.3 is 0 Å². The summed E-state index contributed by atoms with van der Waals surface area (Å²) in [5.41, 5.74) is 2.82. The second kappa shape index (κ2) is 5.03. The molecule has 0 saturated heterocycles. The van der Waals surface area contributed by atoms with E-state index in [1.165, 1.54) is 0 Å². The Morgan fingerprint density at radius 1 is 1.30 bits per heavy atom. The summed E-state index contributed by atoms with van der Waals surface area (Å²) in [6.45, 7) is 14.6. The Hall–Kier alpha value is -0.540. The highest BCUT2D eigenvalue weighted by atomic mass is 35.5. The van der Waals surface area contributed by atoms with Crippen LogP contribution in [0.15, 0.2) is 0 Å². The average Bonchev–Trinajstić information content (AvgIpc) is 2.60. The van der Waals surface area contributed by atoms with Gasteiger partial charge < -0.3 is 5.32 Å². The first-order valence-electron chi connectivity index (χ1n) is 7.56. The molecule has 1 heterocycles. The molecule has 1 unspecified atom stereocenters. The highest BCUT2D eigenvalue weighted by Crippen LogP contribution is 2.69. The van der Waals surface area contributed by atoms with Gasteiger partial charge in [-0.05, 0) is 30.2 Å². The van der Waals surface area contributed by atoms with Crippen molar-refractivity contribution in [2.75, 3.05) is 6.54 Å². The van der Waals surface area contributed by atoms with Crippen LogP contribution in [0.3, 0.4) is 0 Å². The van der Waals surface area contributed by atoms with Crippen molar-refractivity contribution in [1.29, 1.82) is 0 Å². The topological polar surface area (TPSA) is 29.9 Å². The minimum Gasteiger partial charge on any atom is -0.314 e. The van der Waals surface area contributed by atoms with Crippen LogP contribution in [-0.4, -0.2) is 22.4 Å². The van der Waals surface area contributed by atoms with Gasteiger partial charge in [0.05, 0.1) is 16.4 Å². The molecule has 2 rings (SSSR count). The fourth-order valence-electron chi connectivity index (χ4n) is 3.93. The molecule has 0 bridgehead atoms. The van der Waals surface area contributed by atoms with E-state index in [0.29, 0.717) is 22.8 Å². The Kier molecular flexibility index (Phi) is 3.98. The lowest BCUT2D eigenvalue weighted by molar-refractivity contribution is 0.395. The Labute approximate surface area is 128 Å². The van der Waals surface area contributed by atoms with Gasteiger partial charge in [0.2, 0.25) is 0 Å². The van der Waals surface area contributed by atoms with Crippen molar-refractivity contribution < 1.29 is 0 Å². The largest absolute Gasteiger partial charge is 0.314 e. The molecule has 0 amide bonds. The SMILES string of the molecule is CCNC(Cc1c(Cl)c(C)nn1C)C1C(C)(C)C1(C)C. The molecule has 1 saturated carbocycles. The van der Waals surface area contributed by atoms with Crippen LogP contribution < -0.4 is 5.32 Å². The van der Waals surface area contributed by atoms with Crippen molar-refractivity contribution in [3.05, 3.63) is 16.4 Å². The van der Waals surface area contributed by atoms with E-state index in [1.54, 1.807) is 0 Å². The van der Waals surface area contributed by atoms with E-state index in [0.717, 1.165) is 29.4 Å². The molecule has 4 heteroatoms. The minimum atomic E-state index is 0.375. The van der Waals surface area contributed by atoms with Gasteiger partial charge in [0, 0.05) is 19.5 Å². The molecule has 3 nitrogen and oxygen atoms in total. The van der Waals surface area contributed by atoms with Gasteiger partial charge in [-0.3, -0.25) is 4.68 Å². The van der Waals surface area contributed by atoms with Crippen molar-refractivity contribution in [1.82, 2.24) is 15.1 Å². The molecule has 1 atom stereocenters. The quantitative estimate of drug-likeness (QED) is 0.900. The van der Waals surface area contributed by atoms with Gasteiger partial charge in [0.15, 0.2) is 0 Å². The summed E-state index contributed by atoms with van der Waals surface area (Å²) in [6, 6.07) is 0.456. The third-order valence-corrected chi connectivity index (χ3v) is 6.17. The van der Waals surface area contributed by atoms with Crippen molar-refractivity contribution in [2.24, 2.45) is 23.8 Å². The number of halogens is 1. The van der Waals surface area contributed by atoms with Crippen molar-refractivity contribution >= 4 is 11.6 Å². The number of nitrogens with zero attached hydrogens (tertiary/aromatic N) is 2. The molecule has 1 aromatic heterocycles. The maximum absolute atomic E-state index is 6.41. The molecule has 1 aliphatic carbocycles. The van der Waals surface area contributed by atoms with Gasteiger partial charge in [0.25, 0.3) is 0 Å². The Morgan fingerprint density at radius 2 is 1.85 bits per heavy atom. The van der Waals surface area contributed by atoms with Crippen LogP contribution in [0, 0.1) is 23.7 Å². The monoisotopic (exact) mass is 297 g/mol. The number of hydrogen-bond donors (Lipinski definition) is 1. The molecule has 20 heavy (non-hydrogen) atoms. The molecule has 114 valence electrons. The highest BCUT2D eigenvalue weighted by molar-refractivity contribution is 6.31. The van der Waals surface area contributed by atoms with Gasteiger partial charge in [-0.2, -0.15) is 5.10 Å². The van der Waals surface area contributed by atoms with Crippen molar-refractivity contribution in [3.8, 4) is 0 Å². The molecular weight excluding hydrogens is 270 g/mol. The van der Waals surface area contributed by atoms with Gasteiger partial charge in [-0.25, -0.2) is 0 Å². The second-order valence-electron chi connectivity index (χ2n) is 7.26. The molecule has 0 aromatic carbocycles. The first-order valence-corrected chi connectivity index (χ1v) is 7.93. The van der Waals surface area contributed by atoms with Crippen molar-refractivity contribution in [2.45, 2.75) is 54.0 Å². The number of nitrogens with one attached hydrogen (secondary N) is 1. The average molecular weight is 298 g/mol. The predicted octanol–water partition coefficient (Wildman–Crippen LogP) is 3.58. The Balaban J connectivity index is 2.24. The molecule has 1 aliphatic rings. The third-order valence-electron chi connectivity index (χ3n) is 5.68. The molecular formula is C16H28ClN3. The summed E-state index contributed by atoms with van der Waals surface area (Å²) in [6.07, 6.45) is 0.946. The van der Waals surface area contributed by atoms with Crippen molar-refractivity contribution in [3.63, 3.8) is 0 Å². The summed E-state index contributed by atoms with van der Waals surface area (Å²) in [7, 11) is 1.99. The van der Waals surface area contributed by atoms with Crippen LogP contribution in [0.1, 0.15) is 46.0 Å². The zero-order chi connectivity index (χ0) is 15.3. The standard InChI is InChI=1S/C16H28ClN3/c1-8-18-11(14-15(3,4)16(14,5)6)9-12-13(17)10(2)19-20(12)7/h11,14,18H,8-9H2,1-7H3. The lowest BCUT2D eigenvalue weighted by Crippen LogP contribution is -2.36. The van der Waals surface area contributed by atoms with E-state index < -0.39 is 0 Å². The van der Waals surface area contributed by atoms with Crippen LogP contribution in [0.2, 0.25) is 5.02 Å². The normalized spacial score (nSPS) is 22.0. The first kappa shape index (κ1) is 15.8. The maximum Gasteiger partial charge on any atom is 0.0847 e. The molecule has 0 spiro atoms. The molecule has 0 radical (unpaired) electrons. The number of likely N-dealkylation sites (N-methyl/N-ethyl adjacent to an activating group) is 1.